The molecule has 4 nitrogen and oxygen atoms in total. The van der Waals surface area contributed by atoms with Crippen molar-refractivity contribution in [2.75, 3.05) is 0 Å². The summed E-state index contributed by atoms with van der Waals surface area (Å²) in [7, 11) is 0. The summed E-state index contributed by atoms with van der Waals surface area (Å²) in [6.45, 7) is 19.0. The minimum absolute atomic E-state index is 0.0630. The van der Waals surface area contributed by atoms with Gasteiger partial charge in [-0.15, -0.1) is 0 Å². The van der Waals surface area contributed by atoms with Crippen molar-refractivity contribution in [3.63, 3.8) is 0 Å². The van der Waals surface area contributed by atoms with Gasteiger partial charge in [-0.05, 0) is 105 Å². The molecule has 0 unspecified atom stereocenters. The van der Waals surface area contributed by atoms with Gasteiger partial charge in [0.25, 0.3) is 0 Å². The Bertz CT molecular complexity index is 3060. The Morgan fingerprint density at radius 3 is 1.32 bits per heavy atom. The largest absolute Gasteiger partial charge is 0.283 e. The third-order valence-corrected chi connectivity index (χ3v) is 15.2. The van der Waals surface area contributed by atoms with E-state index in [1.165, 1.54) is 74.7 Å². The summed E-state index contributed by atoms with van der Waals surface area (Å²) < 4.78 is 7.25. The van der Waals surface area contributed by atoms with Gasteiger partial charge in [0.15, 0.2) is 9.92 Å². The Morgan fingerprint density at radius 1 is 0.482 bits per heavy atom. The SMILES string of the molecule is CC(C)(C)c1cc2c(cc1-c1cccc3c1sc1nc4ccccc4n13)C(C)(C)c1cc(-c3cccc4c3sc3nc5ccccc5n34)c(C(C)(C)C)cc1S2. The minimum atomic E-state index is -0.242. The topological polar surface area (TPSA) is 34.6 Å². The summed E-state index contributed by atoms with van der Waals surface area (Å²) >= 11 is 5.56. The van der Waals surface area contributed by atoms with Crippen LogP contribution in [0.3, 0.4) is 0 Å². The Kier molecular flexibility index (Phi) is 7.08. The van der Waals surface area contributed by atoms with E-state index in [0.29, 0.717) is 0 Å². The molecule has 10 aromatic rings. The molecule has 0 bridgehead atoms. The maximum Gasteiger partial charge on any atom is 0.195 e. The second kappa shape index (κ2) is 11.6. The van der Waals surface area contributed by atoms with Gasteiger partial charge in [0.1, 0.15) is 0 Å². The summed E-state index contributed by atoms with van der Waals surface area (Å²) in [5.41, 5.74) is 17.2. The van der Waals surface area contributed by atoms with Crippen LogP contribution in [0.25, 0.3) is 74.7 Å². The van der Waals surface area contributed by atoms with Crippen molar-refractivity contribution in [1.29, 1.82) is 0 Å². The van der Waals surface area contributed by atoms with Crippen molar-refractivity contribution < 1.29 is 0 Å². The third-order valence-electron chi connectivity index (χ3n) is 11.9. The second-order valence-electron chi connectivity index (χ2n) is 18.0. The molecule has 0 fully saturated rings. The summed E-state index contributed by atoms with van der Waals surface area (Å²) in [6, 6.07) is 40.7. The second-order valence-corrected chi connectivity index (χ2v) is 21.0. The number of fused-ring (bicyclic) bond motifs is 12. The van der Waals surface area contributed by atoms with Gasteiger partial charge in [0, 0.05) is 26.3 Å². The van der Waals surface area contributed by atoms with Crippen LogP contribution in [0.2, 0.25) is 0 Å². The molecule has 276 valence electrons. The lowest BCUT2D eigenvalue weighted by Crippen LogP contribution is -2.26. The molecule has 1 aliphatic heterocycles. The van der Waals surface area contributed by atoms with E-state index in [-0.39, 0.29) is 16.2 Å². The molecule has 5 heterocycles. The number of thiazole rings is 2. The van der Waals surface area contributed by atoms with E-state index in [1.807, 2.05) is 11.8 Å². The van der Waals surface area contributed by atoms with E-state index in [1.54, 1.807) is 22.7 Å². The van der Waals surface area contributed by atoms with E-state index < -0.39 is 0 Å². The molecule has 0 saturated carbocycles. The molecule has 0 radical (unpaired) electrons. The first kappa shape index (κ1) is 34.3. The Hall–Kier alpha value is -4.95. The average Bonchev–Trinajstić information content (AvgIpc) is 3.91. The zero-order valence-corrected chi connectivity index (χ0v) is 35.4. The fourth-order valence-electron chi connectivity index (χ4n) is 9.09. The number of imidazole rings is 2. The first-order valence-electron chi connectivity index (χ1n) is 19.4. The van der Waals surface area contributed by atoms with Gasteiger partial charge < -0.3 is 0 Å². The maximum atomic E-state index is 5.05. The van der Waals surface area contributed by atoms with Gasteiger partial charge in [-0.2, -0.15) is 0 Å². The fraction of sp³-hybridized carbons (Fsp3) is 0.224. The van der Waals surface area contributed by atoms with Crippen LogP contribution in [0.5, 0.6) is 0 Å². The number of nitrogens with zero attached hydrogens (tertiary/aromatic N) is 4. The molecule has 4 aromatic heterocycles. The number of aromatic nitrogens is 4. The molecule has 1 aliphatic rings. The highest BCUT2D eigenvalue weighted by Gasteiger charge is 2.37. The molecule has 0 saturated heterocycles. The third kappa shape index (κ3) is 4.83. The normalized spacial score (nSPS) is 14.5. The summed E-state index contributed by atoms with van der Waals surface area (Å²) in [6.07, 6.45) is 0. The van der Waals surface area contributed by atoms with Gasteiger partial charge in [-0.25, -0.2) is 9.97 Å². The number of benzene rings is 6. The van der Waals surface area contributed by atoms with Crippen LogP contribution < -0.4 is 0 Å². The van der Waals surface area contributed by atoms with Crippen LogP contribution in [-0.2, 0) is 16.2 Å². The Morgan fingerprint density at radius 2 is 0.893 bits per heavy atom. The Labute approximate surface area is 338 Å². The monoisotopic (exact) mass is 782 g/mol. The molecule has 56 heavy (non-hydrogen) atoms. The molecule has 0 N–H and O–H groups in total. The lowest BCUT2D eigenvalue weighted by atomic mass is 9.72. The highest BCUT2D eigenvalue weighted by Crippen LogP contribution is 2.55. The van der Waals surface area contributed by atoms with E-state index in [0.717, 1.165) is 32.0 Å². The van der Waals surface area contributed by atoms with Crippen molar-refractivity contribution in [1.82, 2.24) is 18.8 Å². The summed E-state index contributed by atoms with van der Waals surface area (Å²) in [5.74, 6) is 0. The predicted octanol–water partition coefficient (Wildman–Crippen LogP) is 14.4. The van der Waals surface area contributed by atoms with Crippen molar-refractivity contribution in [2.45, 2.75) is 81.4 Å². The van der Waals surface area contributed by atoms with Gasteiger partial charge in [-0.1, -0.05) is 138 Å². The molecule has 7 heteroatoms. The smallest absolute Gasteiger partial charge is 0.195 e. The molecule has 0 atom stereocenters. The van der Waals surface area contributed by atoms with Crippen LogP contribution in [0.1, 0.15) is 77.6 Å². The van der Waals surface area contributed by atoms with E-state index in [9.17, 15) is 0 Å². The molecule has 0 amide bonds. The van der Waals surface area contributed by atoms with Crippen molar-refractivity contribution >= 4 is 86.9 Å². The fourth-order valence-corrected chi connectivity index (χ4v) is 12.9. The summed E-state index contributed by atoms with van der Waals surface area (Å²) in [5, 5.41) is 0. The van der Waals surface area contributed by atoms with Crippen molar-refractivity contribution in [3.8, 4) is 22.3 Å². The van der Waals surface area contributed by atoms with Crippen LogP contribution in [0.15, 0.2) is 119 Å². The quantitative estimate of drug-likeness (QED) is 0.175. The van der Waals surface area contributed by atoms with E-state index >= 15 is 0 Å². The first-order chi connectivity index (χ1) is 26.8. The van der Waals surface area contributed by atoms with Crippen LogP contribution in [-0.4, -0.2) is 18.8 Å². The Balaban J connectivity index is 1.13. The minimum Gasteiger partial charge on any atom is -0.283 e. The summed E-state index contributed by atoms with van der Waals surface area (Å²) in [4.78, 5) is 14.9. The highest BCUT2D eigenvalue weighted by atomic mass is 32.2. The van der Waals surface area contributed by atoms with Crippen LogP contribution in [0.4, 0.5) is 0 Å². The lowest BCUT2D eigenvalue weighted by molar-refractivity contribution is 0.573. The molecule has 0 spiro atoms. The zero-order valence-electron chi connectivity index (χ0n) is 32.9. The van der Waals surface area contributed by atoms with Crippen molar-refractivity contribution in [2.24, 2.45) is 0 Å². The number of hydrogen-bond acceptors (Lipinski definition) is 5. The highest BCUT2D eigenvalue weighted by molar-refractivity contribution is 7.99. The molecule has 11 rings (SSSR count). The molecular weight excluding hydrogens is 741 g/mol. The standard InChI is InChI=1S/C49H42N4S3/c1-47(2,3)31-25-41-33(23-29(31)27-15-13-21-39-43(27)55-45-50-35-17-9-11-19-37(35)52(39)45)49(7,8)34-24-30(32(48(4,5)6)26-42(34)54-41)28-16-14-22-40-44(28)56-46-51-36-18-10-12-20-38(36)53(40)46/h9-26H,1-8H3. The zero-order chi connectivity index (χ0) is 38.5. The maximum absolute atomic E-state index is 5.05. The molecule has 0 aliphatic carbocycles. The average molecular weight is 783 g/mol. The number of hydrogen-bond donors (Lipinski definition) is 0. The van der Waals surface area contributed by atoms with Gasteiger partial charge in [0.2, 0.25) is 0 Å². The number of rotatable bonds is 2. The van der Waals surface area contributed by atoms with Gasteiger partial charge in [-0.3, -0.25) is 8.80 Å². The van der Waals surface area contributed by atoms with E-state index in [4.69, 9.17) is 9.97 Å². The van der Waals surface area contributed by atoms with Crippen molar-refractivity contribution in [3.05, 3.63) is 131 Å². The first-order valence-corrected chi connectivity index (χ1v) is 21.9. The molecular formula is C49H42N4S3. The molecule has 6 aromatic carbocycles. The predicted molar refractivity (Wildman–Crippen MR) is 241 cm³/mol. The van der Waals surface area contributed by atoms with Gasteiger partial charge >= 0.3 is 0 Å². The van der Waals surface area contributed by atoms with Crippen LogP contribution >= 0.6 is 34.4 Å². The number of para-hydroxylation sites is 4. The van der Waals surface area contributed by atoms with Gasteiger partial charge in [0.05, 0.1) is 42.5 Å². The van der Waals surface area contributed by atoms with Crippen LogP contribution in [0, 0.1) is 0 Å². The van der Waals surface area contributed by atoms with E-state index in [2.05, 4.69) is 173 Å². The lowest BCUT2D eigenvalue weighted by Gasteiger charge is -2.38.